The Morgan fingerprint density at radius 3 is 2.19 bits per heavy atom. The molecule has 0 aliphatic rings. The predicted molar refractivity (Wildman–Crippen MR) is 57.2 cm³/mol. The number of nitrogen functional groups attached to an aromatic ring is 1. The van der Waals surface area contributed by atoms with E-state index in [1.54, 1.807) is 6.07 Å². The van der Waals surface area contributed by atoms with Crippen LogP contribution in [0.2, 0.25) is 0 Å². The Hall–Kier alpha value is -1.20. The van der Waals surface area contributed by atoms with Gasteiger partial charge in [0, 0.05) is 38.0 Å². The van der Waals surface area contributed by atoms with Crippen LogP contribution < -0.4 is 5.73 Å². The molecule has 5 heteroatoms. The van der Waals surface area contributed by atoms with Crippen molar-refractivity contribution >= 4 is 5.69 Å². The minimum Gasteiger partial charge on any atom is -0.399 e. The Labute approximate surface area is 93.2 Å². The zero-order valence-electron chi connectivity index (χ0n) is 9.46. The van der Waals surface area contributed by atoms with E-state index in [1.807, 2.05) is 0 Å². The molecule has 0 spiro atoms. The summed E-state index contributed by atoms with van der Waals surface area (Å²) >= 11 is 0. The van der Waals surface area contributed by atoms with E-state index < -0.39 is 12.2 Å². The van der Waals surface area contributed by atoms with Crippen molar-refractivity contribution < 1.29 is 18.3 Å². The molecule has 0 aliphatic carbocycles. The van der Waals surface area contributed by atoms with E-state index in [4.69, 9.17) is 15.2 Å². The monoisotopic (exact) mass is 231 g/mol. The molecule has 0 saturated carbocycles. The molecule has 0 aromatic heterocycles. The normalized spacial score (nSPS) is 12.1. The van der Waals surface area contributed by atoms with Gasteiger partial charge in [0.2, 0.25) is 0 Å². The highest BCUT2D eigenvalue weighted by molar-refractivity contribution is 5.46. The molecule has 1 rings (SSSR count). The van der Waals surface area contributed by atoms with E-state index in [2.05, 4.69) is 0 Å². The molecule has 1 aromatic rings. The molecule has 3 nitrogen and oxygen atoms in total. The van der Waals surface area contributed by atoms with Crippen molar-refractivity contribution in [2.75, 3.05) is 20.0 Å². The molecule has 0 atom stereocenters. The minimum absolute atomic E-state index is 0.151. The van der Waals surface area contributed by atoms with Crippen LogP contribution in [0.15, 0.2) is 18.2 Å². The lowest BCUT2D eigenvalue weighted by molar-refractivity contribution is -0.106. The number of rotatable bonds is 4. The first kappa shape index (κ1) is 12.9. The Morgan fingerprint density at radius 2 is 1.75 bits per heavy atom. The number of nitrogens with two attached hydrogens (primary N) is 1. The highest BCUT2D eigenvalue weighted by Gasteiger charge is 2.26. The van der Waals surface area contributed by atoms with E-state index in [1.165, 1.54) is 26.4 Å². The number of halogens is 2. The quantitative estimate of drug-likeness (QED) is 0.640. The Kier molecular flexibility index (Phi) is 3.83. The van der Waals surface area contributed by atoms with Crippen molar-refractivity contribution in [3.8, 4) is 0 Å². The van der Waals surface area contributed by atoms with Gasteiger partial charge in [-0.2, -0.15) is 0 Å². The predicted octanol–water partition coefficient (Wildman–Crippen LogP) is 2.67. The third-order valence-electron chi connectivity index (χ3n) is 2.18. The molecule has 0 fully saturated rings. The molecule has 0 amide bonds. The van der Waals surface area contributed by atoms with Crippen LogP contribution in [-0.4, -0.2) is 14.2 Å². The lowest BCUT2D eigenvalue weighted by Gasteiger charge is -2.18. The summed E-state index contributed by atoms with van der Waals surface area (Å²) in [6.07, 6.45) is -0.690. The van der Waals surface area contributed by atoms with E-state index in [0.717, 1.165) is 6.92 Å². The molecule has 0 bridgehead atoms. The first-order chi connectivity index (χ1) is 7.38. The Bertz CT molecular complexity index is 359. The number of ether oxygens (including phenoxy) is 2. The van der Waals surface area contributed by atoms with Gasteiger partial charge in [-0.25, -0.2) is 8.78 Å². The maximum atomic E-state index is 13.1. The van der Waals surface area contributed by atoms with Gasteiger partial charge < -0.3 is 15.2 Å². The molecule has 1 aromatic carbocycles. The van der Waals surface area contributed by atoms with Crippen molar-refractivity contribution in [3.05, 3.63) is 29.3 Å². The highest BCUT2D eigenvalue weighted by Crippen LogP contribution is 2.31. The summed E-state index contributed by atoms with van der Waals surface area (Å²) < 4.78 is 36.3. The lowest BCUT2D eigenvalue weighted by Crippen LogP contribution is -2.11. The average molecular weight is 231 g/mol. The summed E-state index contributed by atoms with van der Waals surface area (Å²) in [6, 6.07) is 4.12. The van der Waals surface area contributed by atoms with Crippen LogP contribution in [0.1, 0.15) is 24.3 Å². The van der Waals surface area contributed by atoms with E-state index >= 15 is 0 Å². The largest absolute Gasteiger partial charge is 0.399 e. The summed E-state index contributed by atoms with van der Waals surface area (Å²) in [5.74, 6) is -2.93. The zero-order valence-corrected chi connectivity index (χ0v) is 9.46. The van der Waals surface area contributed by atoms with Crippen LogP contribution in [-0.2, 0) is 15.4 Å². The highest BCUT2D eigenvalue weighted by atomic mass is 19.3. The summed E-state index contributed by atoms with van der Waals surface area (Å²) in [5, 5.41) is 0. The smallest absolute Gasteiger partial charge is 0.270 e. The topological polar surface area (TPSA) is 44.5 Å². The molecule has 0 radical (unpaired) electrons. The maximum absolute atomic E-state index is 13.1. The fourth-order valence-electron chi connectivity index (χ4n) is 1.43. The number of methoxy groups -OCH3 is 2. The fraction of sp³-hybridized carbons (Fsp3) is 0.455. The molecule has 0 saturated heterocycles. The second kappa shape index (κ2) is 4.76. The van der Waals surface area contributed by atoms with Gasteiger partial charge in [0.15, 0.2) is 6.29 Å². The number of benzene rings is 1. The second-order valence-electron chi connectivity index (χ2n) is 3.58. The van der Waals surface area contributed by atoms with Crippen molar-refractivity contribution in [2.24, 2.45) is 0 Å². The van der Waals surface area contributed by atoms with Gasteiger partial charge in [0.05, 0.1) is 0 Å². The number of hydrogen-bond acceptors (Lipinski definition) is 3. The fourth-order valence-corrected chi connectivity index (χ4v) is 1.43. The molecular formula is C11H15F2NO2. The van der Waals surface area contributed by atoms with Gasteiger partial charge >= 0.3 is 0 Å². The van der Waals surface area contributed by atoms with E-state index in [9.17, 15) is 8.78 Å². The molecule has 0 heterocycles. The van der Waals surface area contributed by atoms with Crippen molar-refractivity contribution in [3.63, 3.8) is 0 Å². The van der Waals surface area contributed by atoms with E-state index in [-0.39, 0.29) is 11.3 Å². The first-order valence-electron chi connectivity index (χ1n) is 4.73. The number of hydrogen-bond donors (Lipinski definition) is 1. The van der Waals surface area contributed by atoms with Gasteiger partial charge in [0.1, 0.15) is 0 Å². The SMILES string of the molecule is COC(OC)c1cc(N)cc(C(C)(F)F)c1. The maximum Gasteiger partial charge on any atom is 0.270 e. The zero-order chi connectivity index (χ0) is 12.3. The molecule has 16 heavy (non-hydrogen) atoms. The first-order valence-corrected chi connectivity index (χ1v) is 4.73. The number of alkyl halides is 2. The van der Waals surface area contributed by atoms with Gasteiger partial charge in [0.25, 0.3) is 5.92 Å². The molecule has 2 N–H and O–H groups in total. The Balaban J connectivity index is 3.17. The molecule has 0 aliphatic heterocycles. The van der Waals surface area contributed by atoms with Crippen LogP contribution in [0.3, 0.4) is 0 Å². The Morgan fingerprint density at radius 1 is 1.19 bits per heavy atom. The average Bonchev–Trinajstić information content (AvgIpc) is 2.17. The molecule has 0 unspecified atom stereocenters. The summed E-state index contributed by atoms with van der Waals surface area (Å²) in [6.45, 7) is 0.820. The summed E-state index contributed by atoms with van der Waals surface area (Å²) in [4.78, 5) is 0. The van der Waals surface area contributed by atoms with Crippen molar-refractivity contribution in [1.29, 1.82) is 0 Å². The summed E-state index contributed by atoms with van der Waals surface area (Å²) in [5.41, 5.74) is 6.14. The van der Waals surface area contributed by atoms with Crippen molar-refractivity contribution in [2.45, 2.75) is 19.1 Å². The standard InChI is InChI=1S/C11H15F2NO2/c1-11(12,13)8-4-7(5-9(14)6-8)10(15-2)16-3/h4-6,10H,14H2,1-3H3. The number of anilines is 1. The third kappa shape index (κ3) is 2.90. The van der Waals surface area contributed by atoms with Crippen LogP contribution in [0.5, 0.6) is 0 Å². The third-order valence-corrected chi connectivity index (χ3v) is 2.18. The van der Waals surface area contributed by atoms with Gasteiger partial charge in [-0.3, -0.25) is 0 Å². The van der Waals surface area contributed by atoms with Gasteiger partial charge in [-0.15, -0.1) is 0 Å². The minimum atomic E-state index is -2.93. The van der Waals surface area contributed by atoms with Crippen molar-refractivity contribution in [1.82, 2.24) is 0 Å². The van der Waals surface area contributed by atoms with Crippen LogP contribution in [0.25, 0.3) is 0 Å². The van der Waals surface area contributed by atoms with Crippen LogP contribution in [0.4, 0.5) is 14.5 Å². The van der Waals surface area contributed by atoms with Gasteiger partial charge in [-0.05, 0) is 18.2 Å². The summed E-state index contributed by atoms with van der Waals surface area (Å²) in [7, 11) is 2.86. The van der Waals surface area contributed by atoms with Crippen LogP contribution >= 0.6 is 0 Å². The lowest BCUT2D eigenvalue weighted by atomic mass is 10.0. The molecular weight excluding hydrogens is 216 g/mol. The van der Waals surface area contributed by atoms with Crippen LogP contribution in [0, 0.1) is 0 Å². The van der Waals surface area contributed by atoms with E-state index in [0.29, 0.717) is 5.56 Å². The molecule has 90 valence electrons. The second-order valence-corrected chi connectivity index (χ2v) is 3.58. The van der Waals surface area contributed by atoms with Gasteiger partial charge in [-0.1, -0.05) is 0 Å².